The number of hydrogen-bond donors (Lipinski definition) is 2. The van der Waals surface area contributed by atoms with Crippen molar-refractivity contribution in [2.45, 2.75) is 0 Å². The minimum absolute atomic E-state index is 0.0594. The van der Waals surface area contributed by atoms with Crippen molar-refractivity contribution in [1.29, 1.82) is 0 Å². The summed E-state index contributed by atoms with van der Waals surface area (Å²) in [5, 5.41) is 6.22. The van der Waals surface area contributed by atoms with Gasteiger partial charge in [0.05, 0.1) is 11.3 Å². The Morgan fingerprint density at radius 3 is 2.38 bits per heavy atom. The van der Waals surface area contributed by atoms with Crippen LogP contribution in [0.3, 0.4) is 0 Å². The number of rotatable bonds is 6. The Balaban J connectivity index is 2.07. The fourth-order valence-electron chi connectivity index (χ4n) is 1.96. The maximum atomic E-state index is 12.3. The summed E-state index contributed by atoms with van der Waals surface area (Å²) in [6.07, 6.45) is 0. The molecule has 2 N–H and O–H groups in total. The minimum atomic E-state index is -0.0594. The number of nitrogens with zero attached hydrogens (tertiary/aromatic N) is 1. The molecule has 0 aromatic heterocycles. The van der Waals surface area contributed by atoms with Gasteiger partial charge < -0.3 is 15.5 Å². The second kappa shape index (κ2) is 7.45. The molecule has 2 aromatic rings. The SMILES string of the molecule is CN(C)CCNC(=O)c1ccccc1Nc1ccccc1. The molecule has 21 heavy (non-hydrogen) atoms. The van der Waals surface area contributed by atoms with Crippen LogP contribution >= 0.6 is 0 Å². The van der Waals surface area contributed by atoms with Crippen molar-refractivity contribution in [3.8, 4) is 0 Å². The Kier molecular flexibility index (Phi) is 5.35. The van der Waals surface area contributed by atoms with E-state index in [-0.39, 0.29) is 5.91 Å². The zero-order chi connectivity index (χ0) is 15.1. The Labute approximate surface area is 125 Å². The van der Waals surface area contributed by atoms with E-state index in [1.807, 2.05) is 73.6 Å². The van der Waals surface area contributed by atoms with Gasteiger partial charge in [-0.15, -0.1) is 0 Å². The highest BCUT2D eigenvalue weighted by Gasteiger charge is 2.10. The van der Waals surface area contributed by atoms with Gasteiger partial charge in [-0.05, 0) is 38.4 Å². The standard InChI is InChI=1S/C17H21N3O/c1-20(2)13-12-18-17(21)15-10-6-7-11-16(15)19-14-8-4-3-5-9-14/h3-11,19H,12-13H2,1-2H3,(H,18,21). The lowest BCUT2D eigenvalue weighted by Gasteiger charge is -2.13. The molecule has 0 heterocycles. The molecule has 0 aliphatic rings. The molecule has 4 heteroatoms. The Morgan fingerprint density at radius 2 is 1.67 bits per heavy atom. The number of carbonyl (C=O) groups excluding carboxylic acids is 1. The van der Waals surface area contributed by atoms with E-state index in [9.17, 15) is 4.79 Å². The van der Waals surface area contributed by atoms with E-state index < -0.39 is 0 Å². The molecule has 0 aliphatic heterocycles. The van der Waals surface area contributed by atoms with Crippen LogP contribution in [0.1, 0.15) is 10.4 Å². The van der Waals surface area contributed by atoms with E-state index in [2.05, 4.69) is 10.6 Å². The van der Waals surface area contributed by atoms with Crippen molar-refractivity contribution in [1.82, 2.24) is 10.2 Å². The van der Waals surface area contributed by atoms with Crippen molar-refractivity contribution in [3.05, 3.63) is 60.2 Å². The number of carbonyl (C=O) groups is 1. The van der Waals surface area contributed by atoms with Gasteiger partial charge >= 0.3 is 0 Å². The van der Waals surface area contributed by atoms with Crippen LogP contribution in [-0.2, 0) is 0 Å². The first-order chi connectivity index (χ1) is 10.2. The highest BCUT2D eigenvalue weighted by Crippen LogP contribution is 2.20. The Morgan fingerprint density at radius 1 is 1.00 bits per heavy atom. The van der Waals surface area contributed by atoms with Crippen molar-refractivity contribution in [3.63, 3.8) is 0 Å². The summed E-state index contributed by atoms with van der Waals surface area (Å²) in [7, 11) is 3.97. The second-order valence-corrected chi connectivity index (χ2v) is 5.10. The van der Waals surface area contributed by atoms with Gasteiger partial charge in [-0.25, -0.2) is 0 Å². The molecule has 1 amide bonds. The maximum absolute atomic E-state index is 12.3. The normalized spacial score (nSPS) is 10.4. The van der Waals surface area contributed by atoms with Gasteiger partial charge in [0.1, 0.15) is 0 Å². The average Bonchev–Trinajstić information content (AvgIpc) is 2.48. The van der Waals surface area contributed by atoms with Crippen molar-refractivity contribution in [2.75, 3.05) is 32.5 Å². The van der Waals surface area contributed by atoms with Crippen LogP contribution in [0, 0.1) is 0 Å². The molecule has 4 nitrogen and oxygen atoms in total. The van der Waals surface area contributed by atoms with Crippen molar-refractivity contribution in [2.24, 2.45) is 0 Å². The lowest BCUT2D eigenvalue weighted by Crippen LogP contribution is -2.31. The van der Waals surface area contributed by atoms with Crippen LogP contribution < -0.4 is 10.6 Å². The molecule has 110 valence electrons. The number of likely N-dealkylation sites (N-methyl/N-ethyl adjacent to an activating group) is 1. The van der Waals surface area contributed by atoms with Gasteiger partial charge in [-0.3, -0.25) is 4.79 Å². The predicted octanol–water partition coefficient (Wildman–Crippen LogP) is 2.72. The molecule has 0 bridgehead atoms. The summed E-state index contributed by atoms with van der Waals surface area (Å²) in [6, 6.07) is 17.4. The quantitative estimate of drug-likeness (QED) is 0.857. The molecule has 0 radical (unpaired) electrons. The summed E-state index contributed by atoms with van der Waals surface area (Å²) in [5.74, 6) is -0.0594. The summed E-state index contributed by atoms with van der Waals surface area (Å²) in [4.78, 5) is 14.3. The van der Waals surface area contributed by atoms with Gasteiger partial charge in [-0.1, -0.05) is 30.3 Å². The smallest absolute Gasteiger partial charge is 0.253 e. The second-order valence-electron chi connectivity index (χ2n) is 5.10. The first kappa shape index (κ1) is 15.1. The third-order valence-corrected chi connectivity index (χ3v) is 3.07. The van der Waals surface area contributed by atoms with Crippen molar-refractivity contribution < 1.29 is 4.79 Å². The summed E-state index contributed by atoms with van der Waals surface area (Å²) in [5.41, 5.74) is 2.43. The third kappa shape index (κ3) is 4.61. The number of amides is 1. The average molecular weight is 283 g/mol. The number of anilines is 2. The highest BCUT2D eigenvalue weighted by molar-refractivity contribution is 6.00. The fraction of sp³-hybridized carbons (Fsp3) is 0.235. The lowest BCUT2D eigenvalue weighted by molar-refractivity contribution is 0.0952. The monoisotopic (exact) mass is 283 g/mol. The molecule has 0 fully saturated rings. The molecule has 0 saturated carbocycles. The van der Waals surface area contributed by atoms with Gasteiger partial charge in [0.2, 0.25) is 0 Å². The van der Waals surface area contributed by atoms with E-state index in [0.29, 0.717) is 12.1 Å². The van der Waals surface area contributed by atoms with Crippen LogP contribution in [0.25, 0.3) is 0 Å². The molecule has 2 aromatic carbocycles. The third-order valence-electron chi connectivity index (χ3n) is 3.07. The van der Waals surface area contributed by atoms with Crippen LogP contribution in [0.15, 0.2) is 54.6 Å². The molecule has 0 saturated heterocycles. The van der Waals surface area contributed by atoms with Crippen LogP contribution in [-0.4, -0.2) is 38.0 Å². The lowest BCUT2D eigenvalue weighted by atomic mass is 10.1. The van der Waals surface area contributed by atoms with E-state index in [1.165, 1.54) is 0 Å². The fourth-order valence-corrected chi connectivity index (χ4v) is 1.96. The number of benzene rings is 2. The van der Waals surface area contributed by atoms with E-state index in [4.69, 9.17) is 0 Å². The van der Waals surface area contributed by atoms with Gasteiger partial charge in [0, 0.05) is 18.8 Å². The number of nitrogens with one attached hydrogen (secondary N) is 2. The predicted molar refractivity (Wildman–Crippen MR) is 87.1 cm³/mol. The number of para-hydroxylation sites is 2. The van der Waals surface area contributed by atoms with Gasteiger partial charge in [-0.2, -0.15) is 0 Å². The van der Waals surface area contributed by atoms with Crippen LogP contribution in [0.4, 0.5) is 11.4 Å². The van der Waals surface area contributed by atoms with E-state index in [0.717, 1.165) is 17.9 Å². The molecular weight excluding hydrogens is 262 g/mol. The first-order valence-corrected chi connectivity index (χ1v) is 7.01. The van der Waals surface area contributed by atoms with Gasteiger partial charge in [0.15, 0.2) is 0 Å². The summed E-state index contributed by atoms with van der Waals surface area (Å²) < 4.78 is 0. The van der Waals surface area contributed by atoms with Crippen LogP contribution in [0.2, 0.25) is 0 Å². The molecule has 0 atom stereocenters. The van der Waals surface area contributed by atoms with Gasteiger partial charge in [0.25, 0.3) is 5.91 Å². The maximum Gasteiger partial charge on any atom is 0.253 e. The number of hydrogen-bond acceptors (Lipinski definition) is 3. The zero-order valence-electron chi connectivity index (χ0n) is 12.5. The largest absolute Gasteiger partial charge is 0.355 e. The molecule has 0 spiro atoms. The van der Waals surface area contributed by atoms with Crippen LogP contribution in [0.5, 0.6) is 0 Å². The highest BCUT2D eigenvalue weighted by atomic mass is 16.1. The molecular formula is C17H21N3O. The minimum Gasteiger partial charge on any atom is -0.355 e. The molecule has 0 unspecified atom stereocenters. The van der Waals surface area contributed by atoms with E-state index >= 15 is 0 Å². The molecule has 0 aliphatic carbocycles. The topological polar surface area (TPSA) is 44.4 Å². The zero-order valence-corrected chi connectivity index (χ0v) is 12.5. The Hall–Kier alpha value is -2.33. The first-order valence-electron chi connectivity index (χ1n) is 7.01. The van der Waals surface area contributed by atoms with Crippen molar-refractivity contribution >= 4 is 17.3 Å². The summed E-state index contributed by atoms with van der Waals surface area (Å²) >= 11 is 0. The molecule has 2 rings (SSSR count). The summed E-state index contributed by atoms with van der Waals surface area (Å²) in [6.45, 7) is 1.45. The van der Waals surface area contributed by atoms with E-state index in [1.54, 1.807) is 0 Å². The Bertz CT molecular complexity index is 582.